The van der Waals surface area contributed by atoms with Crippen LogP contribution in [0.3, 0.4) is 0 Å². The van der Waals surface area contributed by atoms with Crippen LogP contribution in [0, 0.1) is 0 Å². The van der Waals surface area contributed by atoms with E-state index >= 15 is 0 Å². The third-order valence-corrected chi connectivity index (χ3v) is 4.24. The quantitative estimate of drug-likeness (QED) is 0.687. The molecule has 0 spiro atoms. The predicted octanol–water partition coefficient (Wildman–Crippen LogP) is 3.43. The van der Waals surface area contributed by atoms with E-state index in [1.54, 1.807) is 0 Å². The molecule has 3 heteroatoms. The summed E-state index contributed by atoms with van der Waals surface area (Å²) in [7, 11) is 0. The number of aromatic nitrogens is 1. The van der Waals surface area contributed by atoms with Crippen LogP contribution in [0.2, 0.25) is 0 Å². The normalized spacial score (nSPS) is 13.9. The number of hydrogen-bond donors (Lipinski definition) is 0. The summed E-state index contributed by atoms with van der Waals surface area (Å²) in [5, 5.41) is 1.06. The zero-order chi connectivity index (χ0) is 14.9. The van der Waals surface area contributed by atoms with Crippen molar-refractivity contribution < 1.29 is 4.79 Å². The lowest BCUT2D eigenvalue weighted by atomic mass is 10.00. The molecular weight excluding hydrogens is 272 g/mol. The van der Waals surface area contributed by atoms with Gasteiger partial charge in [0.15, 0.2) is 0 Å². The molecule has 0 saturated carbocycles. The third kappa shape index (κ3) is 2.25. The number of rotatable bonds is 1. The van der Waals surface area contributed by atoms with E-state index in [1.165, 1.54) is 11.1 Å². The van der Waals surface area contributed by atoms with Gasteiger partial charge in [-0.25, -0.2) is 4.98 Å². The number of carbonyl (C=O) groups excluding carboxylic acids is 1. The van der Waals surface area contributed by atoms with Crippen LogP contribution in [0.25, 0.3) is 10.9 Å². The van der Waals surface area contributed by atoms with Crippen LogP contribution in [-0.4, -0.2) is 22.3 Å². The molecule has 0 saturated heterocycles. The van der Waals surface area contributed by atoms with E-state index in [-0.39, 0.29) is 5.91 Å². The number of amides is 1. The van der Waals surface area contributed by atoms with Crippen LogP contribution in [0.4, 0.5) is 0 Å². The molecule has 3 nitrogen and oxygen atoms in total. The molecule has 1 aromatic heterocycles. The maximum Gasteiger partial charge on any atom is 0.272 e. The Balaban J connectivity index is 1.64. The molecule has 0 N–H and O–H groups in total. The maximum atomic E-state index is 12.7. The second kappa shape index (κ2) is 5.26. The van der Waals surface area contributed by atoms with Crippen LogP contribution in [-0.2, 0) is 13.0 Å². The molecule has 0 atom stereocenters. The van der Waals surface area contributed by atoms with Gasteiger partial charge >= 0.3 is 0 Å². The number of fused-ring (bicyclic) bond motifs is 2. The van der Waals surface area contributed by atoms with Crippen LogP contribution < -0.4 is 0 Å². The third-order valence-electron chi connectivity index (χ3n) is 4.24. The molecule has 1 aliphatic rings. The van der Waals surface area contributed by atoms with Crippen molar-refractivity contribution in [1.82, 2.24) is 9.88 Å². The Morgan fingerprint density at radius 1 is 0.909 bits per heavy atom. The largest absolute Gasteiger partial charge is 0.333 e. The molecule has 2 heterocycles. The molecule has 0 unspecified atom stereocenters. The summed E-state index contributed by atoms with van der Waals surface area (Å²) in [6, 6.07) is 20.0. The van der Waals surface area contributed by atoms with Gasteiger partial charge in [-0.3, -0.25) is 4.79 Å². The Kier molecular flexibility index (Phi) is 3.11. The van der Waals surface area contributed by atoms with Crippen molar-refractivity contribution in [1.29, 1.82) is 0 Å². The highest BCUT2D eigenvalue weighted by molar-refractivity contribution is 5.95. The second-order valence-electron chi connectivity index (χ2n) is 5.63. The van der Waals surface area contributed by atoms with Gasteiger partial charge in [0.2, 0.25) is 0 Å². The fourth-order valence-corrected chi connectivity index (χ4v) is 3.02. The minimum absolute atomic E-state index is 0.0141. The molecule has 1 amide bonds. The fourth-order valence-electron chi connectivity index (χ4n) is 3.02. The van der Waals surface area contributed by atoms with Gasteiger partial charge < -0.3 is 4.90 Å². The Morgan fingerprint density at radius 3 is 2.59 bits per heavy atom. The van der Waals surface area contributed by atoms with E-state index in [0.717, 1.165) is 23.9 Å². The van der Waals surface area contributed by atoms with Gasteiger partial charge in [0.25, 0.3) is 5.91 Å². The number of benzene rings is 2. The van der Waals surface area contributed by atoms with Gasteiger partial charge in [-0.05, 0) is 29.7 Å². The van der Waals surface area contributed by atoms with Gasteiger partial charge in [-0.15, -0.1) is 0 Å². The average molecular weight is 288 g/mol. The highest BCUT2D eigenvalue weighted by Crippen LogP contribution is 2.20. The number of nitrogens with zero attached hydrogens (tertiary/aromatic N) is 2. The molecule has 2 aromatic carbocycles. The molecule has 1 aliphatic heterocycles. The lowest BCUT2D eigenvalue weighted by molar-refractivity contribution is 0.0729. The maximum absolute atomic E-state index is 12.7. The molecule has 108 valence electrons. The van der Waals surface area contributed by atoms with Crippen LogP contribution in [0.5, 0.6) is 0 Å². The highest BCUT2D eigenvalue weighted by Gasteiger charge is 2.22. The van der Waals surface area contributed by atoms with Crippen molar-refractivity contribution in [2.24, 2.45) is 0 Å². The smallest absolute Gasteiger partial charge is 0.272 e. The Morgan fingerprint density at radius 2 is 1.68 bits per heavy atom. The minimum atomic E-state index is 0.0141. The average Bonchev–Trinajstić information content (AvgIpc) is 2.60. The van der Waals surface area contributed by atoms with Gasteiger partial charge in [0.05, 0.1) is 5.52 Å². The summed E-state index contributed by atoms with van der Waals surface area (Å²) in [6.45, 7) is 1.42. The van der Waals surface area contributed by atoms with Crippen LogP contribution >= 0.6 is 0 Å². The van der Waals surface area contributed by atoms with Gasteiger partial charge in [0, 0.05) is 18.5 Å². The summed E-state index contributed by atoms with van der Waals surface area (Å²) < 4.78 is 0. The first-order chi connectivity index (χ1) is 10.8. The number of carbonyl (C=O) groups is 1. The monoisotopic (exact) mass is 288 g/mol. The van der Waals surface area contributed by atoms with E-state index < -0.39 is 0 Å². The summed E-state index contributed by atoms with van der Waals surface area (Å²) in [5.74, 6) is 0.0141. The van der Waals surface area contributed by atoms with Crippen molar-refractivity contribution >= 4 is 16.8 Å². The SMILES string of the molecule is O=C(c1ccc2ccccc2n1)N1CCc2ccccc2C1. The van der Waals surface area contributed by atoms with Crippen molar-refractivity contribution in [3.05, 3.63) is 77.5 Å². The van der Waals surface area contributed by atoms with E-state index in [0.29, 0.717) is 12.2 Å². The van der Waals surface area contributed by atoms with Gasteiger partial charge in [-0.1, -0.05) is 48.5 Å². The summed E-state index contributed by atoms with van der Waals surface area (Å²) in [5.41, 5.74) is 3.98. The van der Waals surface area contributed by atoms with E-state index in [1.807, 2.05) is 47.4 Å². The first-order valence-corrected chi connectivity index (χ1v) is 7.53. The zero-order valence-electron chi connectivity index (χ0n) is 12.2. The first kappa shape index (κ1) is 13.0. The summed E-state index contributed by atoms with van der Waals surface area (Å²) in [4.78, 5) is 19.1. The number of pyridine rings is 1. The topological polar surface area (TPSA) is 33.2 Å². The highest BCUT2D eigenvalue weighted by atomic mass is 16.2. The van der Waals surface area contributed by atoms with E-state index in [9.17, 15) is 4.79 Å². The Labute approximate surface area is 129 Å². The number of hydrogen-bond acceptors (Lipinski definition) is 2. The zero-order valence-corrected chi connectivity index (χ0v) is 12.2. The van der Waals surface area contributed by atoms with Gasteiger partial charge in [0.1, 0.15) is 5.69 Å². The van der Waals surface area contributed by atoms with Gasteiger partial charge in [-0.2, -0.15) is 0 Å². The van der Waals surface area contributed by atoms with Crippen molar-refractivity contribution in [3.63, 3.8) is 0 Å². The molecule has 22 heavy (non-hydrogen) atoms. The van der Waals surface area contributed by atoms with Crippen molar-refractivity contribution in [2.75, 3.05) is 6.54 Å². The molecule has 0 fully saturated rings. The first-order valence-electron chi connectivity index (χ1n) is 7.53. The molecule has 0 aliphatic carbocycles. The molecular formula is C19H16N2O. The van der Waals surface area contributed by atoms with Crippen molar-refractivity contribution in [2.45, 2.75) is 13.0 Å². The summed E-state index contributed by atoms with van der Waals surface area (Å²) in [6.07, 6.45) is 0.912. The molecule has 0 bridgehead atoms. The predicted molar refractivity (Wildman–Crippen MR) is 86.6 cm³/mol. The lowest BCUT2D eigenvalue weighted by Crippen LogP contribution is -2.36. The Hall–Kier alpha value is -2.68. The second-order valence-corrected chi connectivity index (χ2v) is 5.63. The van der Waals surface area contributed by atoms with Crippen molar-refractivity contribution in [3.8, 4) is 0 Å². The number of para-hydroxylation sites is 1. The van der Waals surface area contributed by atoms with E-state index in [4.69, 9.17) is 0 Å². The lowest BCUT2D eigenvalue weighted by Gasteiger charge is -2.28. The minimum Gasteiger partial charge on any atom is -0.333 e. The Bertz CT molecular complexity index is 857. The molecule has 3 aromatic rings. The standard InChI is InChI=1S/C19H16N2O/c22-19(18-10-9-15-6-3-4-8-17(15)20-18)21-12-11-14-5-1-2-7-16(14)13-21/h1-10H,11-13H2. The summed E-state index contributed by atoms with van der Waals surface area (Å²) >= 11 is 0. The van der Waals surface area contributed by atoms with Crippen LogP contribution in [0.15, 0.2) is 60.7 Å². The van der Waals surface area contributed by atoms with E-state index in [2.05, 4.69) is 23.2 Å². The molecule has 0 radical (unpaired) electrons. The van der Waals surface area contributed by atoms with Crippen LogP contribution in [0.1, 0.15) is 21.6 Å². The fraction of sp³-hybridized carbons (Fsp3) is 0.158. The molecule has 4 rings (SSSR count).